The van der Waals surface area contributed by atoms with Crippen LogP contribution < -0.4 is 0 Å². The number of pyridine rings is 1. The number of benzene rings is 1. The van der Waals surface area contributed by atoms with Gasteiger partial charge in [-0.1, -0.05) is 23.6 Å². The lowest BCUT2D eigenvalue weighted by Gasteiger charge is -2.27. The Morgan fingerprint density at radius 1 is 1.11 bits per heavy atom. The van der Waals surface area contributed by atoms with Crippen molar-refractivity contribution in [1.82, 2.24) is 24.0 Å². The van der Waals surface area contributed by atoms with Crippen LogP contribution in [0.5, 0.6) is 0 Å². The molecule has 0 spiro atoms. The molecule has 8 nitrogen and oxygen atoms in total. The van der Waals surface area contributed by atoms with Gasteiger partial charge in [0, 0.05) is 85.5 Å². The number of sulfonamides is 1. The summed E-state index contributed by atoms with van der Waals surface area (Å²) >= 11 is 6.13. The molecule has 0 amide bonds. The number of ether oxygens (including phenoxy) is 1. The topological polar surface area (TPSA) is 80.6 Å². The second-order valence-corrected chi connectivity index (χ2v) is 11.4. The van der Waals surface area contributed by atoms with E-state index in [1.807, 2.05) is 28.9 Å². The van der Waals surface area contributed by atoms with Gasteiger partial charge in [0.15, 0.2) is 0 Å². The third-order valence-corrected chi connectivity index (χ3v) is 7.96. The zero-order valence-corrected chi connectivity index (χ0v) is 22.6. The van der Waals surface area contributed by atoms with E-state index >= 15 is 0 Å². The van der Waals surface area contributed by atoms with Crippen molar-refractivity contribution in [2.24, 2.45) is 0 Å². The summed E-state index contributed by atoms with van der Waals surface area (Å²) in [4.78, 5) is 6.19. The van der Waals surface area contributed by atoms with Crippen LogP contribution in [0.4, 0.5) is 0 Å². The summed E-state index contributed by atoms with van der Waals surface area (Å²) in [5.41, 5.74) is 4.24. The Labute approximate surface area is 224 Å². The third-order valence-electron chi connectivity index (χ3n) is 6.47. The highest BCUT2D eigenvalue weighted by Crippen LogP contribution is 2.33. The highest BCUT2D eigenvalue weighted by Gasteiger charge is 2.30. The first-order valence-electron chi connectivity index (χ1n) is 12.3. The quantitative estimate of drug-likeness (QED) is 0.445. The van der Waals surface area contributed by atoms with Crippen LogP contribution in [0.15, 0.2) is 48.8 Å². The van der Waals surface area contributed by atoms with Crippen molar-refractivity contribution in [3.63, 3.8) is 0 Å². The number of terminal acetylenes is 1. The summed E-state index contributed by atoms with van der Waals surface area (Å²) in [6.07, 6.45) is 12.1. The fourth-order valence-electron chi connectivity index (χ4n) is 4.57. The average molecular weight is 542 g/mol. The van der Waals surface area contributed by atoms with Crippen LogP contribution in [-0.2, 0) is 34.3 Å². The Bertz CT molecular complexity index is 1310. The van der Waals surface area contributed by atoms with Gasteiger partial charge < -0.3 is 4.74 Å². The highest BCUT2D eigenvalue weighted by atomic mass is 35.5. The first kappa shape index (κ1) is 27.3. The fourth-order valence-corrected chi connectivity index (χ4v) is 5.53. The lowest BCUT2D eigenvalue weighted by atomic mass is 9.98. The standard InChI is InChI=1S/C22H27ClN4O3S.C5H5N/c1-3-17-15-18(23)5-6-19(17)22-20-16-26(31(2,28)29)10-7-21(20)27(24-22)9-4-8-25-11-13-30-14-12-25;1-2-4-6-5-3-1/h1,5-6,15H,4,7-14,16H2,2H3;1-5H. The maximum Gasteiger partial charge on any atom is 0.211 e. The first-order chi connectivity index (χ1) is 17.9. The van der Waals surface area contributed by atoms with E-state index in [4.69, 9.17) is 27.9 Å². The van der Waals surface area contributed by atoms with E-state index < -0.39 is 10.0 Å². The van der Waals surface area contributed by atoms with Crippen LogP contribution in [0.25, 0.3) is 11.3 Å². The summed E-state index contributed by atoms with van der Waals surface area (Å²) in [6, 6.07) is 11.1. The molecule has 2 aromatic heterocycles. The lowest BCUT2D eigenvalue weighted by Crippen LogP contribution is -2.37. The number of nitrogens with zero attached hydrogens (tertiary/aromatic N) is 5. The van der Waals surface area contributed by atoms with Crippen molar-refractivity contribution >= 4 is 21.6 Å². The predicted molar refractivity (Wildman–Crippen MR) is 146 cm³/mol. The van der Waals surface area contributed by atoms with Crippen LogP contribution in [0.1, 0.15) is 23.2 Å². The molecule has 2 aliphatic heterocycles. The number of halogens is 1. The van der Waals surface area contributed by atoms with E-state index in [0.717, 1.165) is 68.3 Å². The SMILES string of the molecule is C#Cc1cc(Cl)ccc1-c1nn(CCCN2CCOCC2)c2c1CN(S(C)(=O)=O)CC2.c1ccncc1. The molecule has 1 fully saturated rings. The van der Waals surface area contributed by atoms with Crippen LogP contribution in [0.2, 0.25) is 5.02 Å². The maximum atomic E-state index is 12.2. The van der Waals surface area contributed by atoms with Crippen LogP contribution in [-0.4, -0.2) is 78.0 Å². The number of hydrogen-bond donors (Lipinski definition) is 0. The van der Waals surface area contributed by atoms with Gasteiger partial charge in [-0.05, 0) is 36.8 Å². The molecule has 37 heavy (non-hydrogen) atoms. The molecule has 0 saturated carbocycles. The minimum Gasteiger partial charge on any atom is -0.379 e. The minimum absolute atomic E-state index is 0.305. The van der Waals surface area contributed by atoms with Crippen molar-refractivity contribution in [2.75, 3.05) is 45.6 Å². The normalized spacial score (nSPS) is 16.4. The van der Waals surface area contributed by atoms with Crippen molar-refractivity contribution in [3.05, 3.63) is 70.6 Å². The molecular formula is C27H32ClN5O3S. The van der Waals surface area contributed by atoms with Crippen LogP contribution >= 0.6 is 11.6 Å². The molecule has 3 aromatic rings. The third kappa shape index (κ3) is 7.18. The smallest absolute Gasteiger partial charge is 0.211 e. The van der Waals surface area contributed by atoms with Gasteiger partial charge in [-0.3, -0.25) is 14.6 Å². The van der Waals surface area contributed by atoms with Gasteiger partial charge in [0.1, 0.15) is 0 Å². The van der Waals surface area contributed by atoms with Gasteiger partial charge in [-0.25, -0.2) is 8.42 Å². The van der Waals surface area contributed by atoms with Crippen molar-refractivity contribution < 1.29 is 13.2 Å². The van der Waals surface area contributed by atoms with Crippen LogP contribution in [0, 0.1) is 12.3 Å². The van der Waals surface area contributed by atoms with E-state index in [1.165, 1.54) is 10.6 Å². The van der Waals surface area contributed by atoms with Gasteiger partial charge in [-0.15, -0.1) is 6.42 Å². The summed E-state index contributed by atoms with van der Waals surface area (Å²) in [6.45, 7) is 6.02. The molecule has 0 N–H and O–H groups in total. The Kier molecular flexibility index (Phi) is 9.35. The molecular weight excluding hydrogens is 510 g/mol. The Balaban J connectivity index is 0.000000469. The molecule has 0 aliphatic carbocycles. The molecule has 0 unspecified atom stereocenters. The van der Waals surface area contributed by atoms with Gasteiger partial charge in [0.2, 0.25) is 10.0 Å². The second kappa shape index (κ2) is 12.7. The lowest BCUT2D eigenvalue weighted by molar-refractivity contribution is 0.0368. The molecule has 10 heteroatoms. The predicted octanol–water partition coefficient (Wildman–Crippen LogP) is 3.31. The maximum absolute atomic E-state index is 12.2. The number of aromatic nitrogens is 3. The van der Waals surface area contributed by atoms with Crippen molar-refractivity contribution in [2.45, 2.75) is 25.9 Å². The van der Waals surface area contributed by atoms with E-state index in [1.54, 1.807) is 24.5 Å². The monoisotopic (exact) mass is 541 g/mol. The Morgan fingerprint density at radius 3 is 2.49 bits per heavy atom. The molecule has 4 heterocycles. The number of aryl methyl sites for hydroxylation is 1. The number of rotatable bonds is 6. The molecule has 1 aromatic carbocycles. The molecule has 5 rings (SSSR count). The van der Waals surface area contributed by atoms with Gasteiger partial charge in [0.25, 0.3) is 0 Å². The fraction of sp³-hybridized carbons (Fsp3) is 0.407. The number of hydrogen-bond acceptors (Lipinski definition) is 6. The van der Waals surface area contributed by atoms with E-state index in [9.17, 15) is 8.42 Å². The second-order valence-electron chi connectivity index (χ2n) is 9.01. The van der Waals surface area contributed by atoms with Gasteiger partial charge in [-0.2, -0.15) is 9.40 Å². The average Bonchev–Trinajstić information content (AvgIpc) is 3.28. The van der Waals surface area contributed by atoms with E-state index in [-0.39, 0.29) is 0 Å². The molecule has 0 bridgehead atoms. The zero-order valence-electron chi connectivity index (χ0n) is 21.0. The van der Waals surface area contributed by atoms with Crippen molar-refractivity contribution in [1.29, 1.82) is 0 Å². The summed E-state index contributed by atoms with van der Waals surface area (Å²) < 4.78 is 33.4. The first-order valence-corrected chi connectivity index (χ1v) is 14.5. The van der Waals surface area contributed by atoms with Crippen molar-refractivity contribution in [3.8, 4) is 23.6 Å². The molecule has 0 atom stereocenters. The number of morpholine rings is 1. The largest absolute Gasteiger partial charge is 0.379 e. The van der Waals surface area contributed by atoms with E-state index in [2.05, 4.69) is 15.8 Å². The summed E-state index contributed by atoms with van der Waals surface area (Å²) in [7, 11) is -3.30. The molecule has 2 aliphatic rings. The van der Waals surface area contributed by atoms with Gasteiger partial charge in [0.05, 0.1) is 25.2 Å². The summed E-state index contributed by atoms with van der Waals surface area (Å²) in [5.74, 6) is 2.69. The molecule has 196 valence electrons. The Hall–Kier alpha value is -2.74. The molecule has 1 saturated heterocycles. The molecule has 0 radical (unpaired) electrons. The minimum atomic E-state index is -3.30. The highest BCUT2D eigenvalue weighted by molar-refractivity contribution is 7.88. The Morgan fingerprint density at radius 2 is 1.86 bits per heavy atom. The van der Waals surface area contributed by atoms with E-state index in [0.29, 0.717) is 30.1 Å². The van der Waals surface area contributed by atoms with Gasteiger partial charge >= 0.3 is 0 Å². The summed E-state index contributed by atoms with van der Waals surface area (Å²) in [5, 5.41) is 5.48. The zero-order chi connectivity index (χ0) is 26.3. The van der Waals surface area contributed by atoms with Crippen LogP contribution in [0.3, 0.4) is 0 Å². The number of fused-ring (bicyclic) bond motifs is 1.